The zero-order valence-electron chi connectivity index (χ0n) is 14.4. The van der Waals surface area contributed by atoms with Crippen molar-refractivity contribution in [2.75, 3.05) is 6.54 Å². The van der Waals surface area contributed by atoms with E-state index in [0.29, 0.717) is 5.56 Å². The van der Waals surface area contributed by atoms with Gasteiger partial charge in [0.2, 0.25) is 6.29 Å². The van der Waals surface area contributed by atoms with Gasteiger partial charge in [-0.05, 0) is 72.6 Å². The van der Waals surface area contributed by atoms with Gasteiger partial charge in [-0.15, -0.1) is 0 Å². The summed E-state index contributed by atoms with van der Waals surface area (Å²) in [4.78, 5) is 14.6. The minimum atomic E-state index is 0.538. The molecule has 0 bridgehead atoms. The van der Waals surface area contributed by atoms with Crippen LogP contribution in [0.4, 0.5) is 0 Å². The lowest BCUT2D eigenvalue weighted by Crippen LogP contribution is -2.16. The highest BCUT2D eigenvalue weighted by Gasteiger charge is 1.95. The summed E-state index contributed by atoms with van der Waals surface area (Å²) in [6, 6.07) is 19.4. The van der Waals surface area contributed by atoms with Crippen molar-refractivity contribution in [3.05, 3.63) is 101 Å². The second-order valence-corrected chi connectivity index (χ2v) is 5.91. The van der Waals surface area contributed by atoms with Crippen LogP contribution >= 0.6 is 0 Å². The summed E-state index contributed by atoms with van der Waals surface area (Å²) in [5.74, 6) is 6.24. The molecule has 0 aliphatic heterocycles. The molecule has 3 heteroatoms. The lowest BCUT2D eigenvalue weighted by atomic mass is 10.1. The monoisotopic (exact) mass is 339 g/mol. The maximum absolute atomic E-state index is 10.5. The predicted molar refractivity (Wildman–Crippen MR) is 103 cm³/mol. The molecule has 3 aromatic rings. The Hall–Kier alpha value is -3.22. The summed E-state index contributed by atoms with van der Waals surface area (Å²) in [6.45, 7) is 1.77. The second kappa shape index (κ2) is 9.31. The molecule has 0 saturated heterocycles. The van der Waals surface area contributed by atoms with Gasteiger partial charge in [0.05, 0.1) is 0 Å². The Labute approximate surface area is 154 Å². The third-order valence-corrected chi connectivity index (χ3v) is 3.98. The van der Waals surface area contributed by atoms with Crippen molar-refractivity contribution in [3.8, 4) is 11.8 Å². The van der Waals surface area contributed by atoms with Crippen LogP contribution in [0.1, 0.15) is 27.8 Å². The van der Waals surface area contributed by atoms with Crippen LogP contribution in [0.5, 0.6) is 0 Å². The van der Waals surface area contributed by atoms with Crippen LogP contribution in [0.15, 0.2) is 73.1 Å². The molecule has 1 heterocycles. The summed E-state index contributed by atoms with van der Waals surface area (Å²) in [5, 5.41) is 3.45. The largest absolute Gasteiger partial charge is 0.312 e. The van der Waals surface area contributed by atoms with Crippen LogP contribution in [0.3, 0.4) is 0 Å². The van der Waals surface area contributed by atoms with Crippen LogP contribution in [0, 0.1) is 11.8 Å². The third kappa shape index (κ3) is 5.41. The molecule has 0 atom stereocenters. The molecular weight excluding hydrogens is 320 g/mol. The topological polar surface area (TPSA) is 42.0 Å². The van der Waals surface area contributed by atoms with Crippen molar-refractivity contribution >= 4 is 6.29 Å². The summed E-state index contributed by atoms with van der Waals surface area (Å²) in [5.41, 5.74) is 4.91. The van der Waals surface area contributed by atoms with E-state index in [1.165, 1.54) is 11.1 Å². The number of aromatic nitrogens is 1. The molecule has 0 fully saturated rings. The molecule has 0 unspecified atom stereocenters. The van der Waals surface area contributed by atoms with Gasteiger partial charge in [0.1, 0.15) is 0 Å². The summed E-state index contributed by atoms with van der Waals surface area (Å²) in [7, 11) is 0. The summed E-state index contributed by atoms with van der Waals surface area (Å²) in [6.07, 6.45) is 6.50. The van der Waals surface area contributed by atoms with Gasteiger partial charge in [0, 0.05) is 35.6 Å². The number of nitrogens with one attached hydrogen (secondary N) is 1. The Kier molecular flexibility index (Phi) is 6.30. The van der Waals surface area contributed by atoms with Crippen LogP contribution in [-0.2, 0) is 17.8 Å². The highest BCUT2D eigenvalue weighted by molar-refractivity contribution is 5.75. The van der Waals surface area contributed by atoms with E-state index in [1.54, 1.807) is 12.1 Å². The van der Waals surface area contributed by atoms with Crippen LogP contribution in [0.2, 0.25) is 0 Å². The molecule has 0 saturated carbocycles. The minimum absolute atomic E-state index is 0.538. The molecule has 3 rings (SSSR count). The van der Waals surface area contributed by atoms with Gasteiger partial charge in [-0.1, -0.05) is 24.0 Å². The standard InChI is InChI=1S/C23H19N2O/c26-18-23-9-5-20(6-10-23)2-1-19-3-7-22(8-4-19)17-25-16-13-21-11-14-24-15-12-21/h3-12,14-15,25H,13,16-17H2. The molecule has 26 heavy (non-hydrogen) atoms. The number of benzene rings is 2. The normalized spacial score (nSPS) is 10.0. The van der Waals surface area contributed by atoms with Gasteiger partial charge < -0.3 is 5.32 Å². The Morgan fingerprint density at radius 2 is 1.31 bits per heavy atom. The first kappa shape index (κ1) is 17.6. The zero-order valence-corrected chi connectivity index (χ0v) is 14.4. The average Bonchev–Trinajstić information content (AvgIpc) is 2.72. The summed E-state index contributed by atoms with van der Waals surface area (Å²) < 4.78 is 0. The van der Waals surface area contributed by atoms with Crippen molar-refractivity contribution in [1.82, 2.24) is 10.3 Å². The number of hydrogen-bond donors (Lipinski definition) is 1. The van der Waals surface area contributed by atoms with E-state index in [9.17, 15) is 4.79 Å². The van der Waals surface area contributed by atoms with Crippen molar-refractivity contribution in [1.29, 1.82) is 0 Å². The molecule has 1 radical (unpaired) electrons. The Morgan fingerprint density at radius 1 is 0.731 bits per heavy atom. The molecule has 127 valence electrons. The fourth-order valence-corrected chi connectivity index (χ4v) is 2.49. The average molecular weight is 339 g/mol. The van der Waals surface area contributed by atoms with Crippen molar-refractivity contribution in [3.63, 3.8) is 0 Å². The van der Waals surface area contributed by atoms with Gasteiger partial charge in [0.15, 0.2) is 0 Å². The van der Waals surface area contributed by atoms with Crippen LogP contribution < -0.4 is 5.32 Å². The molecule has 2 aromatic carbocycles. The smallest absolute Gasteiger partial charge is 0.233 e. The fraction of sp³-hybridized carbons (Fsp3) is 0.130. The second-order valence-electron chi connectivity index (χ2n) is 5.91. The first-order valence-electron chi connectivity index (χ1n) is 8.52. The SMILES string of the molecule is O=[C]c1ccc(C#Cc2ccc(CNCCc3ccncc3)cc2)cc1. The molecule has 0 aliphatic rings. The molecule has 0 aliphatic carbocycles. The van der Waals surface area contributed by atoms with Crippen LogP contribution in [0.25, 0.3) is 0 Å². The van der Waals surface area contributed by atoms with Gasteiger partial charge >= 0.3 is 0 Å². The Bertz CT molecular complexity index is 889. The molecule has 1 aromatic heterocycles. The van der Waals surface area contributed by atoms with Gasteiger partial charge in [-0.3, -0.25) is 9.78 Å². The zero-order chi connectivity index (χ0) is 18.0. The highest BCUT2D eigenvalue weighted by Crippen LogP contribution is 2.05. The maximum atomic E-state index is 10.5. The van der Waals surface area contributed by atoms with Gasteiger partial charge in [-0.2, -0.15) is 0 Å². The predicted octanol–water partition coefficient (Wildman–Crippen LogP) is 3.27. The van der Waals surface area contributed by atoms with E-state index in [0.717, 1.165) is 30.6 Å². The molecule has 1 N–H and O–H groups in total. The molecule has 0 amide bonds. The van der Waals surface area contributed by atoms with Crippen molar-refractivity contribution in [2.24, 2.45) is 0 Å². The third-order valence-electron chi connectivity index (χ3n) is 3.98. The van der Waals surface area contributed by atoms with Gasteiger partial charge in [-0.25, -0.2) is 0 Å². The Morgan fingerprint density at radius 3 is 1.92 bits per heavy atom. The quantitative estimate of drug-likeness (QED) is 0.554. The lowest BCUT2D eigenvalue weighted by molar-refractivity contribution is 0.563. The lowest BCUT2D eigenvalue weighted by Gasteiger charge is -2.05. The van der Waals surface area contributed by atoms with E-state index in [2.05, 4.69) is 34.3 Å². The number of hydrogen-bond acceptors (Lipinski definition) is 3. The fourth-order valence-electron chi connectivity index (χ4n) is 2.49. The number of nitrogens with zero attached hydrogens (tertiary/aromatic N) is 1. The molecular formula is C23H19N2O. The van der Waals surface area contributed by atoms with Crippen molar-refractivity contribution in [2.45, 2.75) is 13.0 Å². The van der Waals surface area contributed by atoms with Gasteiger partial charge in [0.25, 0.3) is 0 Å². The highest BCUT2D eigenvalue weighted by atomic mass is 16.1. The minimum Gasteiger partial charge on any atom is -0.312 e. The molecule has 0 spiro atoms. The van der Waals surface area contributed by atoms with Crippen LogP contribution in [-0.4, -0.2) is 17.8 Å². The van der Waals surface area contributed by atoms with E-state index < -0.39 is 0 Å². The van der Waals surface area contributed by atoms with E-state index in [1.807, 2.05) is 55.1 Å². The summed E-state index contributed by atoms with van der Waals surface area (Å²) >= 11 is 0. The number of carbonyl (C=O) groups excluding carboxylic acids is 1. The first-order chi connectivity index (χ1) is 12.8. The molecule has 3 nitrogen and oxygen atoms in total. The van der Waals surface area contributed by atoms with Crippen molar-refractivity contribution < 1.29 is 4.79 Å². The number of pyridine rings is 1. The van der Waals surface area contributed by atoms with E-state index >= 15 is 0 Å². The van der Waals surface area contributed by atoms with E-state index in [-0.39, 0.29) is 0 Å². The first-order valence-corrected chi connectivity index (χ1v) is 8.52. The maximum Gasteiger partial charge on any atom is 0.233 e. The Balaban J connectivity index is 1.49. The van der Waals surface area contributed by atoms with E-state index in [4.69, 9.17) is 0 Å². The number of rotatable bonds is 6.